The molecule has 2 N–H and O–H groups in total. The summed E-state index contributed by atoms with van der Waals surface area (Å²) in [7, 11) is 0. The lowest BCUT2D eigenvalue weighted by molar-refractivity contribution is 0.211. The highest BCUT2D eigenvalue weighted by Crippen LogP contribution is 2.31. The molecule has 2 aliphatic rings. The summed E-state index contributed by atoms with van der Waals surface area (Å²) in [6.07, 6.45) is 6.67. The third-order valence-electron chi connectivity index (χ3n) is 5.66. The van der Waals surface area contributed by atoms with E-state index in [9.17, 15) is 4.79 Å². The Hall–Kier alpha value is -2.34. The summed E-state index contributed by atoms with van der Waals surface area (Å²) in [6, 6.07) is 12.5. The van der Waals surface area contributed by atoms with E-state index in [1.165, 1.54) is 31.2 Å². The van der Waals surface area contributed by atoms with Crippen LogP contribution in [0.25, 0.3) is 0 Å². The van der Waals surface area contributed by atoms with Crippen LogP contribution in [0.1, 0.15) is 37.2 Å². The fourth-order valence-electron chi connectivity index (χ4n) is 3.83. The van der Waals surface area contributed by atoms with E-state index < -0.39 is 0 Å². The Kier molecular flexibility index (Phi) is 5.72. The van der Waals surface area contributed by atoms with E-state index >= 15 is 0 Å². The van der Waals surface area contributed by atoms with Gasteiger partial charge < -0.3 is 10.2 Å². The third-order valence-corrected chi connectivity index (χ3v) is 5.66. The maximum atomic E-state index is 12.2. The first-order valence-electron chi connectivity index (χ1n) is 10.1. The number of nitrogens with zero attached hydrogens (tertiary/aromatic N) is 3. The molecule has 1 aliphatic carbocycles. The zero-order chi connectivity index (χ0) is 18.5. The number of piperidine rings is 1. The van der Waals surface area contributed by atoms with E-state index in [0.717, 1.165) is 37.9 Å². The van der Waals surface area contributed by atoms with Crippen molar-refractivity contribution in [1.82, 2.24) is 20.0 Å². The summed E-state index contributed by atoms with van der Waals surface area (Å²) in [5.74, 6) is 2.18. The van der Waals surface area contributed by atoms with Crippen molar-refractivity contribution in [3.63, 3.8) is 0 Å². The van der Waals surface area contributed by atoms with Crippen molar-refractivity contribution >= 4 is 11.8 Å². The number of carbonyl (C=O) groups excluding carboxylic acids is 1. The Morgan fingerprint density at radius 2 is 1.85 bits per heavy atom. The Morgan fingerprint density at radius 3 is 2.59 bits per heavy atom. The average molecular weight is 367 g/mol. The first kappa shape index (κ1) is 18.0. The number of aromatic nitrogens is 2. The van der Waals surface area contributed by atoms with Gasteiger partial charge in [-0.2, -0.15) is 5.10 Å². The molecule has 144 valence electrons. The summed E-state index contributed by atoms with van der Waals surface area (Å²) in [6.45, 7) is 4.65. The molecule has 0 bridgehead atoms. The number of carbonyl (C=O) groups is 1. The highest BCUT2D eigenvalue weighted by molar-refractivity contribution is 5.88. The van der Waals surface area contributed by atoms with Gasteiger partial charge in [0.2, 0.25) is 0 Å². The van der Waals surface area contributed by atoms with Gasteiger partial charge in [-0.3, -0.25) is 5.32 Å². The van der Waals surface area contributed by atoms with Gasteiger partial charge in [-0.05, 0) is 56.2 Å². The molecule has 2 amide bonds. The Bertz CT molecular complexity index is 732. The number of likely N-dealkylation sites (tertiary alicyclic amines) is 1. The fourth-order valence-corrected chi connectivity index (χ4v) is 3.83. The number of urea groups is 1. The minimum Gasteiger partial charge on any atom is -0.337 e. The van der Waals surface area contributed by atoms with Gasteiger partial charge in [-0.25, -0.2) is 9.48 Å². The van der Waals surface area contributed by atoms with Crippen molar-refractivity contribution in [1.29, 1.82) is 0 Å². The van der Waals surface area contributed by atoms with E-state index in [-0.39, 0.29) is 6.03 Å². The quantitative estimate of drug-likeness (QED) is 0.789. The maximum absolute atomic E-state index is 12.2. The summed E-state index contributed by atoms with van der Waals surface area (Å²) in [5.41, 5.74) is 1.46. The molecule has 1 aliphatic heterocycles. The molecule has 0 unspecified atom stereocenters. The van der Waals surface area contributed by atoms with E-state index in [4.69, 9.17) is 0 Å². The number of benzene rings is 1. The van der Waals surface area contributed by atoms with Crippen molar-refractivity contribution < 1.29 is 4.79 Å². The summed E-state index contributed by atoms with van der Waals surface area (Å²) in [4.78, 5) is 14.6. The molecule has 1 saturated carbocycles. The van der Waals surface area contributed by atoms with Crippen LogP contribution in [0.3, 0.4) is 0 Å². The summed E-state index contributed by atoms with van der Waals surface area (Å²) >= 11 is 0. The Morgan fingerprint density at radius 1 is 1.07 bits per heavy atom. The van der Waals surface area contributed by atoms with Crippen LogP contribution in [-0.2, 0) is 6.54 Å². The van der Waals surface area contributed by atoms with Crippen LogP contribution in [0, 0.1) is 5.92 Å². The van der Waals surface area contributed by atoms with Crippen LogP contribution < -0.4 is 10.6 Å². The van der Waals surface area contributed by atoms with Crippen molar-refractivity contribution in [3.8, 4) is 0 Å². The fraction of sp³-hybridized carbons (Fsp3) is 0.524. The van der Waals surface area contributed by atoms with Gasteiger partial charge in [0.15, 0.2) is 0 Å². The van der Waals surface area contributed by atoms with Crippen molar-refractivity contribution in [2.24, 2.45) is 5.92 Å². The van der Waals surface area contributed by atoms with Crippen LogP contribution in [0.15, 0.2) is 42.6 Å². The number of hydrogen-bond donors (Lipinski definition) is 2. The molecule has 4 rings (SSSR count). The van der Waals surface area contributed by atoms with Gasteiger partial charge >= 0.3 is 6.03 Å². The van der Waals surface area contributed by atoms with Gasteiger partial charge in [0.05, 0.1) is 6.20 Å². The minimum absolute atomic E-state index is 0.147. The van der Waals surface area contributed by atoms with E-state index in [1.807, 2.05) is 10.7 Å². The zero-order valence-corrected chi connectivity index (χ0v) is 15.8. The standard InChI is InChI=1S/C21H29N5O/c27-21(24-20-8-11-23-26(20)16-17-6-7-17)22-12-15-25-13-9-19(10-14-25)18-4-2-1-3-5-18/h1-5,8,11,17,19H,6-7,9-10,12-16H2,(H2,22,24,27). The van der Waals surface area contributed by atoms with Crippen LogP contribution in [0.5, 0.6) is 0 Å². The van der Waals surface area contributed by atoms with Gasteiger partial charge in [-0.15, -0.1) is 0 Å². The largest absolute Gasteiger partial charge is 0.337 e. The SMILES string of the molecule is O=C(NCCN1CCC(c2ccccc2)CC1)Nc1ccnn1CC1CC1. The van der Waals surface area contributed by atoms with Gasteiger partial charge in [0.25, 0.3) is 0 Å². The van der Waals surface area contributed by atoms with Crippen molar-refractivity contribution in [2.45, 2.75) is 38.1 Å². The van der Waals surface area contributed by atoms with Crippen LogP contribution in [0.4, 0.5) is 10.6 Å². The number of rotatable bonds is 7. The second kappa shape index (κ2) is 8.57. The highest BCUT2D eigenvalue weighted by atomic mass is 16.2. The molecule has 27 heavy (non-hydrogen) atoms. The lowest BCUT2D eigenvalue weighted by atomic mass is 9.89. The number of nitrogens with one attached hydrogen (secondary N) is 2. The predicted octanol–water partition coefficient (Wildman–Crippen LogP) is 3.29. The van der Waals surface area contributed by atoms with E-state index in [1.54, 1.807) is 6.20 Å². The molecule has 0 atom stereocenters. The Balaban J connectivity index is 1.15. The number of hydrogen-bond acceptors (Lipinski definition) is 3. The smallest absolute Gasteiger partial charge is 0.320 e. The summed E-state index contributed by atoms with van der Waals surface area (Å²) < 4.78 is 1.89. The van der Waals surface area contributed by atoms with Crippen LogP contribution >= 0.6 is 0 Å². The molecule has 2 heterocycles. The molecule has 2 fully saturated rings. The zero-order valence-electron chi connectivity index (χ0n) is 15.8. The van der Waals surface area contributed by atoms with Crippen molar-refractivity contribution in [3.05, 3.63) is 48.2 Å². The van der Waals surface area contributed by atoms with Crippen LogP contribution in [-0.4, -0.2) is 46.9 Å². The lowest BCUT2D eigenvalue weighted by Gasteiger charge is -2.32. The normalized spacial score (nSPS) is 18.4. The van der Waals surface area contributed by atoms with Gasteiger partial charge in [0, 0.05) is 25.7 Å². The average Bonchev–Trinajstić information content (AvgIpc) is 3.42. The first-order valence-corrected chi connectivity index (χ1v) is 10.1. The second-order valence-electron chi connectivity index (χ2n) is 7.75. The summed E-state index contributed by atoms with van der Waals surface area (Å²) in [5, 5.41) is 10.2. The minimum atomic E-state index is -0.147. The number of amides is 2. The third kappa shape index (κ3) is 5.10. The topological polar surface area (TPSA) is 62.2 Å². The Labute approximate surface area is 160 Å². The second-order valence-corrected chi connectivity index (χ2v) is 7.75. The molecule has 1 aromatic carbocycles. The predicted molar refractivity (Wildman–Crippen MR) is 107 cm³/mol. The number of anilines is 1. The van der Waals surface area contributed by atoms with E-state index in [2.05, 4.69) is 51.0 Å². The molecule has 0 spiro atoms. The molecular formula is C21H29N5O. The molecule has 6 heteroatoms. The van der Waals surface area contributed by atoms with Gasteiger partial charge in [0.1, 0.15) is 5.82 Å². The highest BCUT2D eigenvalue weighted by Gasteiger charge is 2.23. The molecule has 1 aromatic heterocycles. The first-order chi connectivity index (χ1) is 13.3. The molecular weight excluding hydrogens is 338 g/mol. The molecule has 1 saturated heterocycles. The van der Waals surface area contributed by atoms with Crippen molar-refractivity contribution in [2.75, 3.05) is 31.5 Å². The molecule has 2 aromatic rings. The van der Waals surface area contributed by atoms with Gasteiger partial charge in [-0.1, -0.05) is 30.3 Å². The maximum Gasteiger partial charge on any atom is 0.320 e. The lowest BCUT2D eigenvalue weighted by Crippen LogP contribution is -2.40. The van der Waals surface area contributed by atoms with E-state index in [0.29, 0.717) is 12.5 Å². The molecule has 6 nitrogen and oxygen atoms in total. The van der Waals surface area contributed by atoms with Crippen LogP contribution in [0.2, 0.25) is 0 Å². The molecule has 0 radical (unpaired) electrons. The monoisotopic (exact) mass is 367 g/mol.